The predicted molar refractivity (Wildman–Crippen MR) is 86.9 cm³/mol. The summed E-state index contributed by atoms with van der Waals surface area (Å²) in [5, 5.41) is 10.1. The maximum Gasteiger partial charge on any atom is 0.0543 e. The van der Waals surface area contributed by atoms with Crippen molar-refractivity contribution in [1.29, 1.82) is 0 Å². The fourth-order valence-corrected chi connectivity index (χ4v) is 7.02. The molecular formula is C20H32O. The molecule has 3 saturated carbocycles. The van der Waals surface area contributed by atoms with Crippen molar-refractivity contribution >= 4 is 0 Å². The van der Waals surface area contributed by atoms with Crippen LogP contribution in [-0.4, -0.2) is 11.2 Å². The molecule has 21 heavy (non-hydrogen) atoms. The van der Waals surface area contributed by atoms with Gasteiger partial charge in [-0.25, -0.2) is 0 Å². The minimum Gasteiger partial charge on any atom is -0.393 e. The van der Waals surface area contributed by atoms with E-state index < -0.39 is 0 Å². The van der Waals surface area contributed by atoms with Crippen molar-refractivity contribution in [3.63, 3.8) is 0 Å². The first-order valence-electron chi connectivity index (χ1n) is 9.30. The normalized spacial score (nSPS) is 56.2. The number of aliphatic hydroxyl groups is 1. The van der Waals surface area contributed by atoms with Gasteiger partial charge in [0.1, 0.15) is 0 Å². The van der Waals surface area contributed by atoms with Crippen LogP contribution >= 0.6 is 0 Å². The van der Waals surface area contributed by atoms with E-state index in [9.17, 15) is 5.11 Å². The molecule has 0 heterocycles. The molecule has 0 saturated heterocycles. The molecule has 1 nitrogen and oxygen atoms in total. The zero-order valence-corrected chi connectivity index (χ0v) is 14.1. The van der Waals surface area contributed by atoms with Gasteiger partial charge in [-0.3, -0.25) is 0 Å². The molecule has 4 aliphatic carbocycles. The van der Waals surface area contributed by atoms with Crippen molar-refractivity contribution < 1.29 is 5.11 Å². The summed E-state index contributed by atoms with van der Waals surface area (Å²) in [6.45, 7) is 7.51. The summed E-state index contributed by atoms with van der Waals surface area (Å²) in [6, 6.07) is 0. The van der Waals surface area contributed by atoms with Gasteiger partial charge in [-0.05, 0) is 92.8 Å². The summed E-state index contributed by atoms with van der Waals surface area (Å²) < 4.78 is 0. The average Bonchev–Trinajstić information content (AvgIpc) is 2.76. The Kier molecular flexibility index (Phi) is 3.13. The smallest absolute Gasteiger partial charge is 0.0543 e. The molecule has 0 aromatic heterocycles. The van der Waals surface area contributed by atoms with E-state index in [-0.39, 0.29) is 6.10 Å². The Morgan fingerprint density at radius 2 is 1.86 bits per heavy atom. The lowest BCUT2D eigenvalue weighted by Gasteiger charge is -2.60. The number of rotatable bonds is 0. The minimum atomic E-state index is -0.0103. The van der Waals surface area contributed by atoms with Gasteiger partial charge < -0.3 is 5.11 Å². The average molecular weight is 288 g/mol. The molecular weight excluding hydrogens is 256 g/mol. The number of hydrogen-bond acceptors (Lipinski definition) is 1. The van der Waals surface area contributed by atoms with Crippen LogP contribution < -0.4 is 0 Å². The van der Waals surface area contributed by atoms with Crippen molar-refractivity contribution in [2.24, 2.45) is 34.5 Å². The van der Waals surface area contributed by atoms with Gasteiger partial charge in [-0.15, -0.1) is 0 Å². The lowest BCUT2D eigenvalue weighted by atomic mass is 9.45. The number of aliphatic hydroxyl groups excluding tert-OH is 1. The highest BCUT2D eigenvalue weighted by Crippen LogP contribution is 2.66. The Hall–Kier alpha value is -0.300. The second kappa shape index (κ2) is 4.60. The molecule has 118 valence electrons. The highest BCUT2D eigenvalue weighted by Gasteiger charge is 2.57. The molecule has 0 spiro atoms. The maximum atomic E-state index is 10.1. The Labute approximate surface area is 130 Å². The summed E-state index contributed by atoms with van der Waals surface area (Å²) in [5.74, 6) is 3.60. The zero-order chi connectivity index (χ0) is 14.8. The fourth-order valence-electron chi connectivity index (χ4n) is 7.02. The monoisotopic (exact) mass is 288 g/mol. The van der Waals surface area contributed by atoms with Gasteiger partial charge in [0, 0.05) is 0 Å². The molecule has 0 amide bonds. The molecule has 1 N–H and O–H groups in total. The predicted octanol–water partition coefficient (Wildman–Crippen LogP) is 4.95. The first-order valence-corrected chi connectivity index (χ1v) is 9.30. The van der Waals surface area contributed by atoms with E-state index in [1.165, 1.54) is 38.5 Å². The molecule has 4 aliphatic rings. The van der Waals surface area contributed by atoms with E-state index in [1.807, 2.05) is 0 Å². The van der Waals surface area contributed by atoms with Gasteiger partial charge >= 0.3 is 0 Å². The Balaban J connectivity index is 1.63. The molecule has 7 atom stereocenters. The van der Waals surface area contributed by atoms with E-state index in [4.69, 9.17) is 0 Å². The first kappa shape index (κ1) is 14.3. The molecule has 0 aliphatic heterocycles. The van der Waals surface area contributed by atoms with Crippen molar-refractivity contribution in [1.82, 2.24) is 0 Å². The standard InChI is InChI=1S/C20H32O/c1-13-4-7-17-16-6-5-14-12-15(21)8-10-20(14,3)18(16)9-11-19(13,17)2/h4,14-18,21H,5-12H2,1-3H3. The van der Waals surface area contributed by atoms with Crippen LogP contribution in [0.3, 0.4) is 0 Å². The van der Waals surface area contributed by atoms with Gasteiger partial charge in [0.05, 0.1) is 6.10 Å². The van der Waals surface area contributed by atoms with Crippen LogP contribution in [0.1, 0.15) is 72.1 Å². The van der Waals surface area contributed by atoms with Gasteiger partial charge in [0.25, 0.3) is 0 Å². The van der Waals surface area contributed by atoms with Crippen molar-refractivity contribution in [3.05, 3.63) is 11.6 Å². The summed E-state index contributed by atoms with van der Waals surface area (Å²) in [5.41, 5.74) is 2.72. The molecule has 0 radical (unpaired) electrons. The Morgan fingerprint density at radius 1 is 1.05 bits per heavy atom. The summed E-state index contributed by atoms with van der Waals surface area (Å²) >= 11 is 0. The quantitative estimate of drug-likeness (QED) is 0.626. The van der Waals surface area contributed by atoms with Crippen LogP contribution in [0.2, 0.25) is 0 Å². The third-order valence-electron chi connectivity index (χ3n) is 8.61. The SMILES string of the molecule is CC1=CCC2C3CCC4CC(O)CCC4(C)C3CCC12C. The van der Waals surface area contributed by atoms with Gasteiger partial charge in [0.15, 0.2) is 0 Å². The molecule has 7 unspecified atom stereocenters. The number of fused-ring (bicyclic) bond motifs is 5. The largest absolute Gasteiger partial charge is 0.393 e. The van der Waals surface area contributed by atoms with Gasteiger partial charge in [0.2, 0.25) is 0 Å². The lowest BCUT2D eigenvalue weighted by molar-refractivity contribution is -0.117. The van der Waals surface area contributed by atoms with Gasteiger partial charge in [-0.1, -0.05) is 25.5 Å². The van der Waals surface area contributed by atoms with E-state index in [1.54, 1.807) is 5.57 Å². The third-order valence-corrected chi connectivity index (χ3v) is 8.61. The van der Waals surface area contributed by atoms with Crippen LogP contribution in [0.25, 0.3) is 0 Å². The van der Waals surface area contributed by atoms with Crippen LogP contribution in [0.15, 0.2) is 11.6 Å². The van der Waals surface area contributed by atoms with E-state index in [2.05, 4.69) is 26.8 Å². The lowest BCUT2D eigenvalue weighted by Crippen LogP contribution is -2.53. The minimum absolute atomic E-state index is 0.0103. The zero-order valence-electron chi connectivity index (χ0n) is 14.1. The van der Waals surface area contributed by atoms with Gasteiger partial charge in [-0.2, -0.15) is 0 Å². The second-order valence-corrected chi connectivity index (χ2v) is 9.16. The van der Waals surface area contributed by atoms with Crippen molar-refractivity contribution in [3.8, 4) is 0 Å². The van der Waals surface area contributed by atoms with Crippen LogP contribution in [0, 0.1) is 34.5 Å². The molecule has 1 heteroatoms. The summed E-state index contributed by atoms with van der Waals surface area (Å²) in [4.78, 5) is 0. The fraction of sp³-hybridized carbons (Fsp3) is 0.900. The van der Waals surface area contributed by atoms with E-state index >= 15 is 0 Å². The van der Waals surface area contributed by atoms with Crippen LogP contribution in [0.4, 0.5) is 0 Å². The molecule has 3 fully saturated rings. The maximum absolute atomic E-state index is 10.1. The molecule has 0 aromatic carbocycles. The summed E-state index contributed by atoms with van der Waals surface area (Å²) in [6.07, 6.45) is 12.9. The van der Waals surface area contributed by atoms with Crippen molar-refractivity contribution in [2.45, 2.75) is 78.2 Å². The first-order chi connectivity index (χ1) is 9.95. The van der Waals surface area contributed by atoms with E-state index in [0.717, 1.165) is 36.5 Å². The Bertz CT molecular complexity index is 466. The van der Waals surface area contributed by atoms with Crippen LogP contribution in [-0.2, 0) is 0 Å². The molecule has 0 bridgehead atoms. The van der Waals surface area contributed by atoms with E-state index in [0.29, 0.717) is 10.8 Å². The van der Waals surface area contributed by atoms with Crippen molar-refractivity contribution in [2.75, 3.05) is 0 Å². The number of hydrogen-bond donors (Lipinski definition) is 1. The topological polar surface area (TPSA) is 20.2 Å². The molecule has 0 aromatic rings. The highest BCUT2D eigenvalue weighted by molar-refractivity contribution is 5.23. The highest BCUT2D eigenvalue weighted by atomic mass is 16.3. The Morgan fingerprint density at radius 3 is 2.67 bits per heavy atom. The third kappa shape index (κ3) is 1.85. The summed E-state index contributed by atoms with van der Waals surface area (Å²) in [7, 11) is 0. The number of allylic oxidation sites excluding steroid dienone is 2. The second-order valence-electron chi connectivity index (χ2n) is 9.16. The molecule has 4 rings (SSSR count). The van der Waals surface area contributed by atoms with Crippen LogP contribution in [0.5, 0.6) is 0 Å².